The van der Waals surface area contributed by atoms with Crippen molar-refractivity contribution >= 4 is 5.78 Å². The van der Waals surface area contributed by atoms with Crippen molar-refractivity contribution in [1.82, 2.24) is 10.3 Å². The van der Waals surface area contributed by atoms with Crippen molar-refractivity contribution in [3.05, 3.63) is 65.0 Å². The average molecular weight is 362 g/mol. The van der Waals surface area contributed by atoms with Crippen LogP contribution >= 0.6 is 0 Å². The molecule has 3 heterocycles. The van der Waals surface area contributed by atoms with E-state index in [0.717, 1.165) is 36.4 Å². The lowest BCUT2D eigenvalue weighted by Gasteiger charge is -2.23. The predicted octanol–water partition coefficient (Wildman–Crippen LogP) is 3.33. The lowest BCUT2D eigenvalue weighted by atomic mass is 9.98. The lowest BCUT2D eigenvalue weighted by molar-refractivity contribution is -0.141. The molecule has 2 aromatic rings. The summed E-state index contributed by atoms with van der Waals surface area (Å²) in [6.45, 7) is 0.888. The number of ketones is 1. The molecule has 1 N–H and O–H groups in total. The molecule has 2 saturated heterocycles. The summed E-state index contributed by atoms with van der Waals surface area (Å²) in [5.41, 5.74) is 0.751. The zero-order chi connectivity index (χ0) is 18.3. The SMILES string of the molecule is O=C(Cc1ccc([C@H]2O[C@@H]3CN[C@H]2C3)cc1)c1ccnc(C(F)(F)F)c1. The zero-order valence-electron chi connectivity index (χ0n) is 13.8. The van der Waals surface area contributed by atoms with Crippen LogP contribution in [0.25, 0.3) is 0 Å². The number of halogens is 3. The molecule has 1 aromatic carbocycles. The standard InChI is InChI=1S/C19H17F3N2O2/c20-19(21,22)17-8-13(5-6-23-17)16(25)7-11-1-3-12(4-2-11)18-15-9-14(26-18)10-24-15/h1-6,8,14-15,18,24H,7,9-10H2/t14-,15-,18+/m0/s1. The molecular weight excluding hydrogens is 345 g/mol. The van der Waals surface area contributed by atoms with Gasteiger partial charge in [0.05, 0.1) is 12.2 Å². The number of ether oxygens (including phenoxy) is 1. The highest BCUT2D eigenvalue weighted by atomic mass is 19.4. The van der Waals surface area contributed by atoms with E-state index < -0.39 is 11.9 Å². The Balaban J connectivity index is 1.45. The second kappa shape index (κ2) is 6.48. The van der Waals surface area contributed by atoms with Crippen LogP contribution in [0.2, 0.25) is 0 Å². The highest BCUT2D eigenvalue weighted by molar-refractivity contribution is 5.97. The number of hydrogen-bond acceptors (Lipinski definition) is 4. The summed E-state index contributed by atoms with van der Waals surface area (Å²) >= 11 is 0. The lowest BCUT2D eigenvalue weighted by Crippen LogP contribution is -2.33. The summed E-state index contributed by atoms with van der Waals surface area (Å²) < 4.78 is 44.1. The first-order chi connectivity index (χ1) is 12.4. The normalized spacial score (nSPS) is 24.8. The number of hydrogen-bond donors (Lipinski definition) is 1. The van der Waals surface area contributed by atoms with Gasteiger partial charge in [-0.05, 0) is 29.7 Å². The van der Waals surface area contributed by atoms with E-state index in [1.165, 1.54) is 6.07 Å². The Morgan fingerprint density at radius 2 is 2.00 bits per heavy atom. The van der Waals surface area contributed by atoms with E-state index in [-0.39, 0.29) is 30.0 Å². The minimum absolute atomic E-state index is 0.0111. The number of benzene rings is 1. The molecule has 4 nitrogen and oxygen atoms in total. The molecule has 0 spiro atoms. The van der Waals surface area contributed by atoms with E-state index in [9.17, 15) is 18.0 Å². The molecule has 2 aliphatic heterocycles. The van der Waals surface area contributed by atoms with Gasteiger partial charge in [0.1, 0.15) is 5.69 Å². The molecule has 7 heteroatoms. The minimum Gasteiger partial charge on any atom is -0.367 e. The predicted molar refractivity (Wildman–Crippen MR) is 87.7 cm³/mol. The van der Waals surface area contributed by atoms with Gasteiger partial charge in [-0.2, -0.15) is 13.2 Å². The molecule has 0 aliphatic carbocycles. The van der Waals surface area contributed by atoms with Gasteiger partial charge in [-0.15, -0.1) is 0 Å². The summed E-state index contributed by atoms with van der Waals surface area (Å²) in [4.78, 5) is 15.6. The largest absolute Gasteiger partial charge is 0.433 e. The van der Waals surface area contributed by atoms with Crippen LogP contribution in [-0.2, 0) is 17.3 Å². The number of morpholine rings is 1. The molecule has 0 saturated carbocycles. The first-order valence-corrected chi connectivity index (χ1v) is 8.44. The molecule has 26 heavy (non-hydrogen) atoms. The third-order valence-electron chi connectivity index (χ3n) is 4.87. The summed E-state index contributed by atoms with van der Waals surface area (Å²) in [5, 5.41) is 3.41. The van der Waals surface area contributed by atoms with Crippen LogP contribution in [-0.4, -0.2) is 29.5 Å². The van der Waals surface area contributed by atoms with Crippen LogP contribution in [0.3, 0.4) is 0 Å². The van der Waals surface area contributed by atoms with Gasteiger partial charge in [-0.3, -0.25) is 9.78 Å². The van der Waals surface area contributed by atoms with Gasteiger partial charge in [0.25, 0.3) is 0 Å². The topological polar surface area (TPSA) is 51.2 Å². The first kappa shape index (κ1) is 17.2. The Morgan fingerprint density at radius 3 is 2.62 bits per heavy atom. The van der Waals surface area contributed by atoms with E-state index in [0.29, 0.717) is 6.04 Å². The second-order valence-electron chi connectivity index (χ2n) is 6.70. The van der Waals surface area contributed by atoms with Crippen molar-refractivity contribution in [2.24, 2.45) is 0 Å². The van der Waals surface area contributed by atoms with Crippen LogP contribution in [0.15, 0.2) is 42.6 Å². The van der Waals surface area contributed by atoms with Crippen LogP contribution in [0.4, 0.5) is 13.2 Å². The van der Waals surface area contributed by atoms with Crippen LogP contribution < -0.4 is 5.32 Å². The number of nitrogens with zero attached hydrogens (tertiary/aromatic N) is 1. The average Bonchev–Trinajstić information content (AvgIpc) is 3.25. The first-order valence-electron chi connectivity index (χ1n) is 8.44. The molecule has 0 unspecified atom stereocenters. The van der Waals surface area contributed by atoms with Crippen LogP contribution in [0.1, 0.15) is 39.7 Å². The van der Waals surface area contributed by atoms with Gasteiger partial charge in [0.15, 0.2) is 5.78 Å². The molecule has 2 aliphatic rings. The molecule has 3 atom stereocenters. The van der Waals surface area contributed by atoms with E-state index >= 15 is 0 Å². The highest BCUT2D eigenvalue weighted by Crippen LogP contribution is 2.36. The number of aromatic nitrogens is 1. The maximum absolute atomic E-state index is 12.7. The summed E-state index contributed by atoms with van der Waals surface area (Å²) in [6.07, 6.45) is -2.22. The molecular formula is C19H17F3N2O2. The van der Waals surface area contributed by atoms with Crippen molar-refractivity contribution in [3.8, 4) is 0 Å². The van der Waals surface area contributed by atoms with Gasteiger partial charge in [-0.1, -0.05) is 24.3 Å². The zero-order valence-corrected chi connectivity index (χ0v) is 13.8. The Morgan fingerprint density at radius 1 is 1.23 bits per heavy atom. The monoisotopic (exact) mass is 362 g/mol. The quantitative estimate of drug-likeness (QED) is 0.848. The van der Waals surface area contributed by atoms with Crippen molar-refractivity contribution in [2.45, 2.75) is 37.3 Å². The number of pyridine rings is 1. The molecule has 136 valence electrons. The Labute approximate surface area is 148 Å². The minimum atomic E-state index is -4.56. The highest BCUT2D eigenvalue weighted by Gasteiger charge is 2.41. The third-order valence-corrected chi connectivity index (χ3v) is 4.87. The fourth-order valence-electron chi connectivity index (χ4n) is 3.55. The second-order valence-corrected chi connectivity index (χ2v) is 6.70. The van der Waals surface area contributed by atoms with Gasteiger partial charge >= 0.3 is 6.18 Å². The van der Waals surface area contributed by atoms with Gasteiger partial charge in [-0.25, -0.2) is 0 Å². The third kappa shape index (κ3) is 3.37. The van der Waals surface area contributed by atoms with Crippen molar-refractivity contribution in [2.75, 3.05) is 6.54 Å². The maximum atomic E-state index is 12.7. The fraction of sp³-hybridized carbons (Fsp3) is 0.368. The van der Waals surface area contributed by atoms with Gasteiger partial charge in [0, 0.05) is 30.8 Å². The maximum Gasteiger partial charge on any atom is 0.433 e. The van der Waals surface area contributed by atoms with E-state index in [1.807, 2.05) is 24.3 Å². The number of nitrogens with one attached hydrogen (secondary N) is 1. The Kier molecular flexibility index (Phi) is 4.28. The van der Waals surface area contributed by atoms with Crippen LogP contribution in [0.5, 0.6) is 0 Å². The summed E-state index contributed by atoms with van der Waals surface area (Å²) in [6, 6.07) is 9.92. The number of carbonyl (C=O) groups excluding carboxylic acids is 1. The molecule has 0 radical (unpaired) electrons. The van der Waals surface area contributed by atoms with E-state index in [1.54, 1.807) is 0 Å². The van der Waals surface area contributed by atoms with E-state index in [2.05, 4.69) is 10.3 Å². The smallest absolute Gasteiger partial charge is 0.367 e. The molecule has 2 bridgehead atoms. The Bertz CT molecular complexity index is 820. The van der Waals surface area contributed by atoms with Crippen molar-refractivity contribution in [1.29, 1.82) is 0 Å². The number of carbonyl (C=O) groups is 1. The summed E-state index contributed by atoms with van der Waals surface area (Å²) in [5.74, 6) is -0.372. The fourth-order valence-corrected chi connectivity index (χ4v) is 3.55. The van der Waals surface area contributed by atoms with Crippen molar-refractivity contribution in [3.63, 3.8) is 0 Å². The number of fused-ring (bicyclic) bond motifs is 2. The molecule has 2 fully saturated rings. The molecule has 4 rings (SSSR count). The van der Waals surface area contributed by atoms with Gasteiger partial charge in [0.2, 0.25) is 0 Å². The molecule has 0 amide bonds. The number of alkyl halides is 3. The van der Waals surface area contributed by atoms with E-state index in [4.69, 9.17) is 4.74 Å². The number of Topliss-reactive ketones (excluding diaryl/α,β-unsaturated/α-hetero) is 1. The van der Waals surface area contributed by atoms with Crippen LogP contribution in [0, 0.1) is 0 Å². The van der Waals surface area contributed by atoms with Gasteiger partial charge < -0.3 is 10.1 Å². The summed E-state index contributed by atoms with van der Waals surface area (Å²) in [7, 11) is 0. The number of rotatable bonds is 4. The Hall–Kier alpha value is -2.25. The molecule has 1 aromatic heterocycles. The van der Waals surface area contributed by atoms with Crippen molar-refractivity contribution < 1.29 is 22.7 Å².